The molecule has 0 aliphatic carbocycles. The van der Waals surface area contributed by atoms with Gasteiger partial charge >= 0.3 is 0 Å². The molecule has 1 unspecified atom stereocenters. The van der Waals surface area contributed by atoms with E-state index in [1.165, 1.54) is 0 Å². The average Bonchev–Trinajstić information content (AvgIpc) is 2.31. The Morgan fingerprint density at radius 1 is 1.56 bits per heavy atom. The van der Waals surface area contributed by atoms with Gasteiger partial charge in [0.15, 0.2) is 0 Å². The minimum atomic E-state index is 0.0670. The maximum atomic E-state index is 11.4. The molecule has 4 nitrogen and oxygen atoms in total. The lowest BCUT2D eigenvalue weighted by Gasteiger charge is -2.21. The van der Waals surface area contributed by atoms with Gasteiger partial charge in [0.25, 0.3) is 0 Å². The number of nitrogen functional groups attached to an aromatic ring is 1. The number of carbonyl (C=O) groups is 1. The van der Waals surface area contributed by atoms with Crippen LogP contribution in [-0.2, 0) is 11.2 Å². The Labute approximate surface area is 107 Å². The number of anilines is 3. The van der Waals surface area contributed by atoms with Gasteiger partial charge in [-0.05, 0) is 37.5 Å². The monoisotopic (exact) mass is 245 g/mol. The lowest BCUT2D eigenvalue weighted by molar-refractivity contribution is -0.116. The van der Waals surface area contributed by atoms with Crippen molar-refractivity contribution in [1.29, 1.82) is 0 Å². The van der Waals surface area contributed by atoms with Crippen LogP contribution < -0.4 is 16.4 Å². The van der Waals surface area contributed by atoms with Gasteiger partial charge in [0.05, 0.1) is 11.4 Å². The molecule has 1 aliphatic heterocycles. The van der Waals surface area contributed by atoms with Gasteiger partial charge in [-0.15, -0.1) is 6.58 Å². The third-order valence-corrected chi connectivity index (χ3v) is 3.09. The molecule has 96 valence electrons. The molecule has 0 bridgehead atoms. The Morgan fingerprint density at radius 2 is 2.33 bits per heavy atom. The standard InChI is InChI=1S/C14H19N3O/c1-3-4-9(2)16-13-8-12-10(7-11(13)15)5-6-14(18)17-12/h3,7-9,16H,1,4-6,15H2,2H3,(H,17,18). The van der Waals surface area contributed by atoms with Crippen LogP contribution in [0.2, 0.25) is 0 Å². The van der Waals surface area contributed by atoms with Crippen LogP contribution in [-0.4, -0.2) is 11.9 Å². The summed E-state index contributed by atoms with van der Waals surface area (Å²) >= 11 is 0. The summed E-state index contributed by atoms with van der Waals surface area (Å²) in [5, 5.41) is 6.21. The molecule has 1 aliphatic rings. The zero-order chi connectivity index (χ0) is 13.1. The van der Waals surface area contributed by atoms with Crippen molar-refractivity contribution >= 4 is 23.0 Å². The summed E-state index contributed by atoms with van der Waals surface area (Å²) in [6, 6.07) is 4.13. The Balaban J connectivity index is 2.23. The van der Waals surface area contributed by atoms with E-state index in [0.717, 1.165) is 35.5 Å². The third kappa shape index (κ3) is 2.64. The molecular weight excluding hydrogens is 226 g/mol. The highest BCUT2D eigenvalue weighted by molar-refractivity contribution is 5.95. The Hall–Kier alpha value is -1.97. The number of rotatable bonds is 4. The highest BCUT2D eigenvalue weighted by atomic mass is 16.1. The number of nitrogens with one attached hydrogen (secondary N) is 2. The SMILES string of the molecule is C=CCC(C)Nc1cc2c(cc1N)CCC(=O)N2. The highest BCUT2D eigenvalue weighted by Gasteiger charge is 2.17. The fraction of sp³-hybridized carbons (Fsp3) is 0.357. The van der Waals surface area contributed by atoms with Crippen LogP contribution in [0, 0.1) is 0 Å². The first-order valence-corrected chi connectivity index (χ1v) is 6.20. The molecular formula is C14H19N3O. The Kier molecular flexibility index (Phi) is 3.55. The molecule has 0 radical (unpaired) electrons. The van der Waals surface area contributed by atoms with Gasteiger partial charge in [0, 0.05) is 18.2 Å². The van der Waals surface area contributed by atoms with Gasteiger partial charge in [-0.25, -0.2) is 0 Å². The van der Waals surface area contributed by atoms with E-state index in [-0.39, 0.29) is 11.9 Å². The van der Waals surface area contributed by atoms with Gasteiger partial charge < -0.3 is 16.4 Å². The number of fused-ring (bicyclic) bond motifs is 1. The predicted molar refractivity (Wildman–Crippen MR) is 75.7 cm³/mol. The van der Waals surface area contributed by atoms with Crippen LogP contribution in [0.4, 0.5) is 17.1 Å². The lowest BCUT2D eigenvalue weighted by Crippen LogP contribution is -2.20. The second-order valence-corrected chi connectivity index (χ2v) is 4.71. The first-order chi connectivity index (χ1) is 8.60. The van der Waals surface area contributed by atoms with Crippen molar-refractivity contribution < 1.29 is 4.79 Å². The second kappa shape index (κ2) is 5.12. The topological polar surface area (TPSA) is 67.1 Å². The van der Waals surface area contributed by atoms with Crippen molar-refractivity contribution in [1.82, 2.24) is 0 Å². The van der Waals surface area contributed by atoms with Gasteiger partial charge in [-0.1, -0.05) is 6.08 Å². The number of benzene rings is 1. The van der Waals surface area contributed by atoms with Crippen LogP contribution in [0.1, 0.15) is 25.3 Å². The minimum Gasteiger partial charge on any atom is -0.397 e. The van der Waals surface area contributed by atoms with Crippen LogP contribution in [0.5, 0.6) is 0 Å². The summed E-state index contributed by atoms with van der Waals surface area (Å²) < 4.78 is 0. The van der Waals surface area contributed by atoms with Crippen LogP contribution >= 0.6 is 0 Å². The van der Waals surface area contributed by atoms with E-state index < -0.39 is 0 Å². The smallest absolute Gasteiger partial charge is 0.224 e. The number of hydrogen-bond donors (Lipinski definition) is 3. The van der Waals surface area contributed by atoms with E-state index in [4.69, 9.17) is 5.73 Å². The fourth-order valence-corrected chi connectivity index (χ4v) is 2.15. The molecule has 0 saturated carbocycles. The van der Waals surface area contributed by atoms with Gasteiger partial charge in [0.2, 0.25) is 5.91 Å². The number of carbonyl (C=O) groups excluding carboxylic acids is 1. The van der Waals surface area contributed by atoms with E-state index in [1.54, 1.807) is 0 Å². The molecule has 0 saturated heterocycles. The molecule has 4 N–H and O–H groups in total. The largest absolute Gasteiger partial charge is 0.397 e. The van der Waals surface area contributed by atoms with Crippen molar-refractivity contribution in [2.45, 2.75) is 32.2 Å². The van der Waals surface area contributed by atoms with Crippen molar-refractivity contribution in [3.63, 3.8) is 0 Å². The first-order valence-electron chi connectivity index (χ1n) is 6.20. The molecule has 0 aromatic heterocycles. The van der Waals surface area contributed by atoms with Gasteiger partial charge in [-0.2, -0.15) is 0 Å². The maximum Gasteiger partial charge on any atom is 0.224 e. The summed E-state index contributed by atoms with van der Waals surface area (Å²) in [6.45, 7) is 5.79. The van der Waals surface area contributed by atoms with Crippen molar-refractivity contribution in [3.05, 3.63) is 30.4 Å². The van der Waals surface area contributed by atoms with Crippen LogP contribution in [0.3, 0.4) is 0 Å². The molecule has 0 fully saturated rings. The quantitative estimate of drug-likeness (QED) is 0.564. The summed E-state index contributed by atoms with van der Waals surface area (Å²) in [5.74, 6) is 0.0670. The number of hydrogen-bond acceptors (Lipinski definition) is 3. The molecule has 2 rings (SSSR count). The van der Waals surface area contributed by atoms with E-state index in [0.29, 0.717) is 6.42 Å². The first kappa shape index (κ1) is 12.5. The summed E-state index contributed by atoms with van der Waals surface area (Å²) in [7, 11) is 0. The summed E-state index contributed by atoms with van der Waals surface area (Å²) in [4.78, 5) is 11.4. The van der Waals surface area contributed by atoms with Crippen molar-refractivity contribution in [2.75, 3.05) is 16.4 Å². The predicted octanol–water partition coefficient (Wildman–Crippen LogP) is 2.53. The molecule has 0 spiro atoms. The second-order valence-electron chi connectivity index (χ2n) is 4.71. The average molecular weight is 245 g/mol. The van der Waals surface area contributed by atoms with Crippen LogP contribution in [0.15, 0.2) is 24.8 Å². The van der Waals surface area contributed by atoms with Gasteiger partial charge in [-0.3, -0.25) is 4.79 Å². The molecule has 18 heavy (non-hydrogen) atoms. The third-order valence-electron chi connectivity index (χ3n) is 3.09. The molecule has 1 heterocycles. The maximum absolute atomic E-state index is 11.4. The normalized spacial score (nSPS) is 15.5. The molecule has 1 aromatic rings. The van der Waals surface area contributed by atoms with E-state index >= 15 is 0 Å². The van der Waals surface area contributed by atoms with Gasteiger partial charge in [0.1, 0.15) is 0 Å². The molecule has 4 heteroatoms. The summed E-state index contributed by atoms with van der Waals surface area (Å²) in [5.41, 5.74) is 9.59. The molecule has 1 atom stereocenters. The minimum absolute atomic E-state index is 0.0670. The Bertz CT molecular complexity index is 482. The number of amides is 1. The summed E-state index contributed by atoms with van der Waals surface area (Å²) in [6.07, 6.45) is 4.02. The van der Waals surface area contributed by atoms with E-state index in [2.05, 4.69) is 24.1 Å². The van der Waals surface area contributed by atoms with Crippen LogP contribution in [0.25, 0.3) is 0 Å². The van der Waals surface area contributed by atoms with E-state index in [9.17, 15) is 4.79 Å². The lowest BCUT2D eigenvalue weighted by atomic mass is 10.0. The molecule has 1 amide bonds. The zero-order valence-corrected chi connectivity index (χ0v) is 10.6. The number of nitrogens with two attached hydrogens (primary N) is 1. The zero-order valence-electron chi connectivity index (χ0n) is 10.6. The van der Waals surface area contributed by atoms with Crippen molar-refractivity contribution in [3.8, 4) is 0 Å². The number of aryl methyl sites for hydroxylation is 1. The van der Waals surface area contributed by atoms with E-state index in [1.807, 2.05) is 18.2 Å². The van der Waals surface area contributed by atoms with Crippen molar-refractivity contribution in [2.24, 2.45) is 0 Å². The fourth-order valence-electron chi connectivity index (χ4n) is 2.15. The highest BCUT2D eigenvalue weighted by Crippen LogP contribution is 2.31. The molecule has 1 aromatic carbocycles. The Morgan fingerprint density at radius 3 is 3.06 bits per heavy atom.